The molecule has 1 saturated heterocycles. The van der Waals surface area contributed by atoms with Crippen LogP contribution in [0.4, 0.5) is 0 Å². The molecule has 4 nitrogen and oxygen atoms in total. The third-order valence-corrected chi connectivity index (χ3v) is 3.79. The van der Waals surface area contributed by atoms with Gasteiger partial charge in [-0.05, 0) is 32.4 Å². The lowest BCUT2D eigenvalue weighted by Crippen LogP contribution is -2.33. The van der Waals surface area contributed by atoms with Gasteiger partial charge in [0.1, 0.15) is 0 Å². The Kier molecular flexibility index (Phi) is 4.78. The molecule has 0 aromatic carbocycles. The molecule has 0 amide bonds. The van der Waals surface area contributed by atoms with E-state index in [1.165, 1.54) is 5.69 Å². The van der Waals surface area contributed by atoms with Crippen LogP contribution in [0.3, 0.4) is 0 Å². The monoisotopic (exact) mass is 251 g/mol. The summed E-state index contributed by atoms with van der Waals surface area (Å²) >= 11 is 0. The normalized spacial score (nSPS) is 25.5. The number of aromatic nitrogens is 2. The van der Waals surface area contributed by atoms with Gasteiger partial charge in [-0.2, -0.15) is 5.10 Å². The van der Waals surface area contributed by atoms with Crippen molar-refractivity contribution < 1.29 is 4.74 Å². The van der Waals surface area contributed by atoms with Crippen molar-refractivity contribution in [3.05, 3.63) is 18.0 Å². The average Bonchev–Trinajstić information content (AvgIpc) is 2.96. The van der Waals surface area contributed by atoms with Crippen LogP contribution in [0.15, 0.2) is 12.3 Å². The number of nitrogens with zero attached hydrogens (tertiary/aromatic N) is 2. The zero-order valence-electron chi connectivity index (χ0n) is 11.7. The first-order valence-corrected chi connectivity index (χ1v) is 7.14. The maximum Gasteiger partial charge on any atom is 0.0594 e. The van der Waals surface area contributed by atoms with Gasteiger partial charge in [0.15, 0.2) is 0 Å². The molecule has 1 aromatic rings. The molecule has 1 aliphatic rings. The molecule has 1 N–H and O–H groups in total. The molecule has 3 unspecified atom stereocenters. The van der Waals surface area contributed by atoms with Gasteiger partial charge >= 0.3 is 0 Å². The number of nitrogens with one attached hydrogen (secondary N) is 1. The summed E-state index contributed by atoms with van der Waals surface area (Å²) in [6.45, 7) is 9.39. The summed E-state index contributed by atoms with van der Waals surface area (Å²) in [6.07, 6.45) is 4.50. The van der Waals surface area contributed by atoms with E-state index >= 15 is 0 Å². The first-order chi connectivity index (χ1) is 8.77. The van der Waals surface area contributed by atoms with E-state index < -0.39 is 0 Å². The molecule has 1 fully saturated rings. The van der Waals surface area contributed by atoms with Crippen molar-refractivity contribution in [1.29, 1.82) is 0 Å². The van der Waals surface area contributed by atoms with E-state index in [0.29, 0.717) is 18.1 Å². The Morgan fingerprint density at radius 3 is 3.00 bits per heavy atom. The van der Waals surface area contributed by atoms with Crippen molar-refractivity contribution >= 4 is 0 Å². The lowest BCUT2D eigenvalue weighted by atomic mass is 9.91. The summed E-state index contributed by atoms with van der Waals surface area (Å²) < 4.78 is 7.86. The van der Waals surface area contributed by atoms with Gasteiger partial charge in [-0.15, -0.1) is 0 Å². The SMILES string of the molecule is CCCn1nccc1C(NCC)C1CCOC1C. The van der Waals surface area contributed by atoms with Crippen LogP contribution in [0, 0.1) is 5.92 Å². The lowest BCUT2D eigenvalue weighted by molar-refractivity contribution is 0.0944. The molecule has 0 aliphatic carbocycles. The number of aryl methyl sites for hydroxylation is 1. The van der Waals surface area contributed by atoms with E-state index in [1.54, 1.807) is 0 Å². The van der Waals surface area contributed by atoms with E-state index in [-0.39, 0.29) is 0 Å². The van der Waals surface area contributed by atoms with E-state index in [1.807, 2.05) is 6.20 Å². The molecule has 2 heterocycles. The van der Waals surface area contributed by atoms with Crippen LogP contribution < -0.4 is 5.32 Å². The van der Waals surface area contributed by atoms with E-state index in [0.717, 1.165) is 32.5 Å². The summed E-state index contributed by atoms with van der Waals surface area (Å²) in [5.41, 5.74) is 1.31. The number of hydrogen-bond acceptors (Lipinski definition) is 3. The zero-order valence-corrected chi connectivity index (χ0v) is 11.7. The van der Waals surface area contributed by atoms with Crippen LogP contribution in [0.25, 0.3) is 0 Å². The molecule has 2 rings (SSSR count). The molecule has 0 spiro atoms. The Labute approximate surface area is 110 Å². The zero-order chi connectivity index (χ0) is 13.0. The molecule has 1 aromatic heterocycles. The van der Waals surface area contributed by atoms with Crippen LogP contribution >= 0.6 is 0 Å². The maximum absolute atomic E-state index is 5.72. The summed E-state index contributed by atoms with van der Waals surface area (Å²) in [5, 5.41) is 8.06. The van der Waals surface area contributed by atoms with Gasteiger partial charge in [0.05, 0.1) is 17.8 Å². The standard InChI is InChI=1S/C14H25N3O/c1-4-9-17-13(6-8-16-17)14(15-5-2)12-7-10-18-11(12)3/h6,8,11-12,14-15H,4-5,7,9-10H2,1-3H3. The highest BCUT2D eigenvalue weighted by Crippen LogP contribution is 2.33. The molecule has 0 bridgehead atoms. The molecule has 0 saturated carbocycles. The Morgan fingerprint density at radius 1 is 1.56 bits per heavy atom. The second-order valence-electron chi connectivity index (χ2n) is 5.04. The number of rotatable bonds is 6. The fourth-order valence-corrected chi connectivity index (χ4v) is 2.89. The quantitative estimate of drug-likeness (QED) is 0.843. The molecule has 4 heteroatoms. The fraction of sp³-hybridized carbons (Fsp3) is 0.786. The molecule has 1 aliphatic heterocycles. The van der Waals surface area contributed by atoms with Gasteiger partial charge < -0.3 is 10.1 Å². The minimum atomic E-state index is 0.332. The Hall–Kier alpha value is -0.870. The predicted octanol–water partition coefficient (Wildman–Crippen LogP) is 2.37. The third-order valence-electron chi connectivity index (χ3n) is 3.79. The third kappa shape index (κ3) is 2.75. The maximum atomic E-state index is 5.72. The highest BCUT2D eigenvalue weighted by Gasteiger charge is 2.33. The van der Waals surface area contributed by atoms with Gasteiger partial charge in [0, 0.05) is 25.3 Å². The minimum Gasteiger partial charge on any atom is -0.378 e. The van der Waals surface area contributed by atoms with Gasteiger partial charge in [-0.3, -0.25) is 4.68 Å². The van der Waals surface area contributed by atoms with Crippen LogP contribution in [0.1, 0.15) is 45.3 Å². The van der Waals surface area contributed by atoms with Crippen molar-refractivity contribution in [1.82, 2.24) is 15.1 Å². The molecular formula is C14H25N3O. The average molecular weight is 251 g/mol. The molecular weight excluding hydrogens is 226 g/mol. The largest absolute Gasteiger partial charge is 0.378 e. The van der Waals surface area contributed by atoms with E-state index in [9.17, 15) is 0 Å². The summed E-state index contributed by atoms with van der Waals surface area (Å²) in [4.78, 5) is 0. The Bertz CT molecular complexity index is 364. The second kappa shape index (κ2) is 6.34. The van der Waals surface area contributed by atoms with Gasteiger partial charge in [-0.25, -0.2) is 0 Å². The molecule has 0 radical (unpaired) electrons. The van der Waals surface area contributed by atoms with E-state index in [2.05, 4.69) is 41.9 Å². The smallest absolute Gasteiger partial charge is 0.0594 e. The van der Waals surface area contributed by atoms with Crippen LogP contribution in [0.2, 0.25) is 0 Å². The topological polar surface area (TPSA) is 39.1 Å². The fourth-order valence-electron chi connectivity index (χ4n) is 2.89. The second-order valence-corrected chi connectivity index (χ2v) is 5.04. The van der Waals surface area contributed by atoms with Crippen molar-refractivity contribution in [2.75, 3.05) is 13.2 Å². The van der Waals surface area contributed by atoms with Crippen molar-refractivity contribution in [3.63, 3.8) is 0 Å². The Morgan fingerprint density at radius 2 is 2.39 bits per heavy atom. The first-order valence-electron chi connectivity index (χ1n) is 7.14. The van der Waals surface area contributed by atoms with Gasteiger partial charge in [-0.1, -0.05) is 13.8 Å². The minimum absolute atomic E-state index is 0.332. The molecule has 102 valence electrons. The van der Waals surface area contributed by atoms with Crippen molar-refractivity contribution in [2.24, 2.45) is 5.92 Å². The van der Waals surface area contributed by atoms with Crippen LogP contribution in [-0.4, -0.2) is 29.0 Å². The number of ether oxygens (including phenoxy) is 1. The Balaban J connectivity index is 2.20. The van der Waals surface area contributed by atoms with Crippen molar-refractivity contribution in [3.8, 4) is 0 Å². The highest BCUT2D eigenvalue weighted by molar-refractivity contribution is 5.10. The van der Waals surface area contributed by atoms with Crippen molar-refractivity contribution in [2.45, 2.75) is 52.3 Å². The number of hydrogen-bond donors (Lipinski definition) is 1. The van der Waals surface area contributed by atoms with Gasteiger partial charge in [0.25, 0.3) is 0 Å². The predicted molar refractivity (Wildman–Crippen MR) is 72.5 cm³/mol. The van der Waals surface area contributed by atoms with E-state index in [4.69, 9.17) is 4.74 Å². The summed E-state index contributed by atoms with van der Waals surface area (Å²) in [5.74, 6) is 0.553. The molecule has 3 atom stereocenters. The van der Waals surface area contributed by atoms with Gasteiger partial charge in [0.2, 0.25) is 0 Å². The lowest BCUT2D eigenvalue weighted by Gasteiger charge is -2.27. The van der Waals surface area contributed by atoms with Crippen LogP contribution in [-0.2, 0) is 11.3 Å². The highest BCUT2D eigenvalue weighted by atomic mass is 16.5. The van der Waals surface area contributed by atoms with Crippen LogP contribution in [0.5, 0.6) is 0 Å². The summed E-state index contributed by atoms with van der Waals surface area (Å²) in [6, 6.07) is 2.51. The molecule has 18 heavy (non-hydrogen) atoms. The summed E-state index contributed by atoms with van der Waals surface area (Å²) in [7, 11) is 0. The first kappa shape index (κ1) is 13.6.